The number of amides is 1. The fraction of sp³-hybridized carbons (Fsp3) is 0.389. The van der Waals surface area contributed by atoms with Crippen molar-refractivity contribution in [3.63, 3.8) is 0 Å². The molecule has 0 bridgehead atoms. The average molecular weight is 326 g/mol. The summed E-state index contributed by atoms with van der Waals surface area (Å²) in [7, 11) is 0. The first-order chi connectivity index (χ1) is 11.7. The van der Waals surface area contributed by atoms with Gasteiger partial charge in [0.1, 0.15) is 5.69 Å². The molecule has 0 aliphatic carbocycles. The van der Waals surface area contributed by atoms with Gasteiger partial charge in [0, 0.05) is 43.4 Å². The zero-order chi connectivity index (χ0) is 16.8. The maximum atomic E-state index is 12.3. The molecule has 2 aromatic rings. The van der Waals surface area contributed by atoms with Crippen molar-refractivity contribution in [3.8, 4) is 0 Å². The van der Waals surface area contributed by atoms with Crippen molar-refractivity contribution < 1.29 is 9.53 Å². The maximum Gasteiger partial charge on any atom is 0.269 e. The van der Waals surface area contributed by atoms with E-state index < -0.39 is 0 Å². The molecule has 0 saturated carbocycles. The molecule has 1 aliphatic rings. The van der Waals surface area contributed by atoms with Gasteiger partial charge >= 0.3 is 0 Å². The van der Waals surface area contributed by atoms with E-state index in [2.05, 4.69) is 20.2 Å². The van der Waals surface area contributed by atoms with Gasteiger partial charge in [0.05, 0.1) is 13.2 Å². The van der Waals surface area contributed by atoms with Crippen LogP contribution in [-0.2, 0) is 11.2 Å². The molecule has 2 aromatic heterocycles. The van der Waals surface area contributed by atoms with E-state index in [9.17, 15) is 4.79 Å². The summed E-state index contributed by atoms with van der Waals surface area (Å²) >= 11 is 0. The highest BCUT2D eigenvalue weighted by molar-refractivity contribution is 5.93. The standard InChI is InChI=1S/C18H22N4O2/c1-14-2-3-15(13-21-14)4-6-20-18(23)17-12-16(5-7-19-17)22-8-10-24-11-9-22/h2-3,5,7,12-13H,4,6,8-11H2,1H3,(H,20,23). The minimum absolute atomic E-state index is 0.148. The second-order valence-electron chi connectivity index (χ2n) is 5.81. The van der Waals surface area contributed by atoms with E-state index in [0.29, 0.717) is 25.5 Å². The maximum absolute atomic E-state index is 12.3. The molecule has 0 spiro atoms. The minimum atomic E-state index is -0.148. The lowest BCUT2D eigenvalue weighted by Gasteiger charge is -2.28. The summed E-state index contributed by atoms with van der Waals surface area (Å²) in [5.41, 5.74) is 3.56. The molecule has 0 unspecified atom stereocenters. The quantitative estimate of drug-likeness (QED) is 0.904. The Kier molecular flexibility index (Phi) is 5.38. The molecule has 6 heteroatoms. The Balaban J connectivity index is 1.55. The smallest absolute Gasteiger partial charge is 0.269 e. The van der Waals surface area contributed by atoms with Crippen molar-refractivity contribution in [3.05, 3.63) is 53.6 Å². The van der Waals surface area contributed by atoms with Crippen LogP contribution in [0.2, 0.25) is 0 Å². The Morgan fingerprint density at radius 2 is 2.08 bits per heavy atom. The molecule has 1 aliphatic heterocycles. The van der Waals surface area contributed by atoms with Gasteiger partial charge in [0.2, 0.25) is 0 Å². The Hall–Kier alpha value is -2.47. The second kappa shape index (κ2) is 7.88. The van der Waals surface area contributed by atoms with Gasteiger partial charge in [-0.05, 0) is 37.1 Å². The summed E-state index contributed by atoms with van der Waals surface area (Å²) < 4.78 is 5.36. The molecule has 1 amide bonds. The number of carbonyl (C=O) groups is 1. The summed E-state index contributed by atoms with van der Waals surface area (Å²) in [6.45, 7) is 5.63. The lowest BCUT2D eigenvalue weighted by Crippen LogP contribution is -2.36. The molecule has 0 aromatic carbocycles. The van der Waals surface area contributed by atoms with E-state index >= 15 is 0 Å². The third kappa shape index (κ3) is 4.29. The number of rotatable bonds is 5. The normalized spacial score (nSPS) is 14.5. The highest BCUT2D eigenvalue weighted by atomic mass is 16.5. The van der Waals surface area contributed by atoms with E-state index in [1.54, 1.807) is 6.20 Å². The monoisotopic (exact) mass is 326 g/mol. The van der Waals surface area contributed by atoms with Crippen molar-refractivity contribution in [2.24, 2.45) is 0 Å². The van der Waals surface area contributed by atoms with Crippen LogP contribution in [0.3, 0.4) is 0 Å². The van der Waals surface area contributed by atoms with Crippen molar-refractivity contribution in [1.29, 1.82) is 0 Å². The minimum Gasteiger partial charge on any atom is -0.378 e. The van der Waals surface area contributed by atoms with Crippen molar-refractivity contribution >= 4 is 11.6 Å². The number of anilines is 1. The molecule has 1 saturated heterocycles. The highest BCUT2D eigenvalue weighted by Gasteiger charge is 2.14. The number of aromatic nitrogens is 2. The number of morpholine rings is 1. The number of nitrogens with zero attached hydrogens (tertiary/aromatic N) is 3. The molecule has 3 rings (SSSR count). The summed E-state index contributed by atoms with van der Waals surface area (Å²) in [6.07, 6.45) is 4.28. The highest BCUT2D eigenvalue weighted by Crippen LogP contribution is 2.16. The van der Waals surface area contributed by atoms with Gasteiger partial charge in [-0.15, -0.1) is 0 Å². The van der Waals surface area contributed by atoms with E-state index in [1.807, 2.05) is 37.4 Å². The molecule has 1 N–H and O–H groups in total. The molecule has 1 fully saturated rings. The van der Waals surface area contributed by atoms with Crippen molar-refractivity contribution in [2.45, 2.75) is 13.3 Å². The second-order valence-corrected chi connectivity index (χ2v) is 5.81. The number of ether oxygens (including phenoxy) is 1. The lowest BCUT2D eigenvalue weighted by atomic mass is 10.2. The fourth-order valence-electron chi connectivity index (χ4n) is 2.62. The molecule has 0 radical (unpaired) electrons. The third-order valence-electron chi connectivity index (χ3n) is 4.02. The van der Waals surface area contributed by atoms with Crippen LogP contribution in [0.25, 0.3) is 0 Å². The van der Waals surface area contributed by atoms with E-state index in [4.69, 9.17) is 4.74 Å². The van der Waals surface area contributed by atoms with Crippen LogP contribution in [0, 0.1) is 6.92 Å². The number of aryl methyl sites for hydroxylation is 1. The third-order valence-corrected chi connectivity index (χ3v) is 4.02. The molecule has 24 heavy (non-hydrogen) atoms. The van der Waals surface area contributed by atoms with Gasteiger partial charge in [0.25, 0.3) is 5.91 Å². The van der Waals surface area contributed by atoms with Crippen LogP contribution >= 0.6 is 0 Å². The first-order valence-corrected chi connectivity index (χ1v) is 8.21. The molecule has 0 atom stereocenters. The van der Waals surface area contributed by atoms with E-state index in [-0.39, 0.29) is 5.91 Å². The van der Waals surface area contributed by atoms with Crippen LogP contribution in [0.5, 0.6) is 0 Å². The SMILES string of the molecule is Cc1ccc(CCNC(=O)c2cc(N3CCOCC3)ccn2)cn1. The zero-order valence-corrected chi connectivity index (χ0v) is 13.9. The Morgan fingerprint density at radius 1 is 1.25 bits per heavy atom. The van der Waals surface area contributed by atoms with Crippen LogP contribution in [0.15, 0.2) is 36.7 Å². The van der Waals surface area contributed by atoms with Gasteiger partial charge in [-0.1, -0.05) is 6.07 Å². The number of hydrogen-bond donors (Lipinski definition) is 1. The average Bonchev–Trinajstić information content (AvgIpc) is 2.64. The number of pyridine rings is 2. The summed E-state index contributed by atoms with van der Waals surface area (Å²) in [5, 5.41) is 2.92. The molecule has 6 nitrogen and oxygen atoms in total. The largest absolute Gasteiger partial charge is 0.378 e. The number of hydrogen-bond acceptors (Lipinski definition) is 5. The van der Waals surface area contributed by atoms with Crippen LogP contribution < -0.4 is 10.2 Å². The number of nitrogens with one attached hydrogen (secondary N) is 1. The Morgan fingerprint density at radius 3 is 2.83 bits per heavy atom. The zero-order valence-electron chi connectivity index (χ0n) is 13.9. The predicted molar refractivity (Wildman–Crippen MR) is 92.3 cm³/mol. The molecular weight excluding hydrogens is 304 g/mol. The Labute approximate surface area is 141 Å². The summed E-state index contributed by atoms with van der Waals surface area (Å²) in [5.74, 6) is -0.148. The van der Waals surface area contributed by atoms with Gasteiger partial charge in [-0.25, -0.2) is 0 Å². The van der Waals surface area contributed by atoms with Crippen LogP contribution in [-0.4, -0.2) is 48.7 Å². The summed E-state index contributed by atoms with van der Waals surface area (Å²) in [6, 6.07) is 7.78. The summed E-state index contributed by atoms with van der Waals surface area (Å²) in [4.78, 5) is 22.9. The van der Waals surface area contributed by atoms with Gasteiger partial charge < -0.3 is 15.0 Å². The molecule has 3 heterocycles. The van der Waals surface area contributed by atoms with Crippen molar-refractivity contribution in [2.75, 3.05) is 37.7 Å². The fourth-order valence-corrected chi connectivity index (χ4v) is 2.62. The van der Waals surface area contributed by atoms with E-state index in [0.717, 1.165) is 36.5 Å². The van der Waals surface area contributed by atoms with Crippen molar-refractivity contribution in [1.82, 2.24) is 15.3 Å². The predicted octanol–water partition coefficient (Wildman–Crippen LogP) is 1.59. The number of carbonyl (C=O) groups excluding carboxylic acids is 1. The van der Waals surface area contributed by atoms with E-state index in [1.165, 1.54) is 0 Å². The topological polar surface area (TPSA) is 67.4 Å². The molecular formula is C18H22N4O2. The molecule has 126 valence electrons. The Bertz CT molecular complexity index is 682. The first kappa shape index (κ1) is 16.4. The van der Waals surface area contributed by atoms with Crippen LogP contribution in [0.4, 0.5) is 5.69 Å². The van der Waals surface area contributed by atoms with Gasteiger partial charge in [-0.2, -0.15) is 0 Å². The lowest BCUT2D eigenvalue weighted by molar-refractivity contribution is 0.0949. The van der Waals surface area contributed by atoms with Crippen LogP contribution in [0.1, 0.15) is 21.7 Å². The first-order valence-electron chi connectivity index (χ1n) is 8.21. The van der Waals surface area contributed by atoms with Gasteiger partial charge in [-0.3, -0.25) is 14.8 Å². The van der Waals surface area contributed by atoms with Gasteiger partial charge in [0.15, 0.2) is 0 Å².